The molecule has 26 heavy (non-hydrogen) atoms. The van der Waals surface area contributed by atoms with Crippen molar-refractivity contribution in [1.82, 2.24) is 14.8 Å². The van der Waals surface area contributed by atoms with Crippen molar-refractivity contribution >= 4 is 27.5 Å². The van der Waals surface area contributed by atoms with Crippen molar-refractivity contribution < 1.29 is 22.4 Å². The average Bonchev–Trinajstić information content (AvgIpc) is 3.03. The minimum atomic E-state index is -4.84. The van der Waals surface area contributed by atoms with Crippen LogP contribution >= 0.6 is 15.9 Å². The van der Waals surface area contributed by atoms with E-state index in [1.54, 1.807) is 0 Å². The molecule has 5 nitrogen and oxygen atoms in total. The number of amides is 1. The Hall–Kier alpha value is -2.75. The molecule has 0 aliphatic rings. The largest absolute Gasteiger partial charge is 0.435 e. The highest BCUT2D eigenvalue weighted by Crippen LogP contribution is 2.32. The molecular formula is C16H9BrF4N4O. The van der Waals surface area contributed by atoms with Gasteiger partial charge in [-0.15, -0.1) is 0 Å². The summed E-state index contributed by atoms with van der Waals surface area (Å²) in [6.45, 7) is 0. The average molecular weight is 429 g/mol. The maximum absolute atomic E-state index is 13.3. The Morgan fingerprint density at radius 1 is 1.12 bits per heavy atom. The van der Waals surface area contributed by atoms with Crippen LogP contribution in [0.5, 0.6) is 0 Å². The topological polar surface area (TPSA) is 59.8 Å². The van der Waals surface area contributed by atoms with E-state index in [0.717, 1.165) is 23.0 Å². The second-order valence-corrected chi connectivity index (χ2v) is 5.95. The van der Waals surface area contributed by atoms with Crippen LogP contribution in [0.15, 0.2) is 53.4 Å². The van der Waals surface area contributed by atoms with E-state index in [0.29, 0.717) is 4.60 Å². The van der Waals surface area contributed by atoms with Crippen molar-refractivity contribution in [1.29, 1.82) is 0 Å². The Morgan fingerprint density at radius 3 is 2.38 bits per heavy atom. The summed E-state index contributed by atoms with van der Waals surface area (Å²) in [7, 11) is 0. The van der Waals surface area contributed by atoms with E-state index in [-0.39, 0.29) is 11.4 Å². The number of carbonyl (C=O) groups excluding carboxylic acids is 1. The predicted molar refractivity (Wildman–Crippen MR) is 88.4 cm³/mol. The highest BCUT2D eigenvalue weighted by molar-refractivity contribution is 9.10. The summed E-state index contributed by atoms with van der Waals surface area (Å²) >= 11 is 3.12. The maximum atomic E-state index is 13.3. The Morgan fingerprint density at radius 2 is 1.81 bits per heavy atom. The minimum absolute atomic E-state index is 0.182. The molecule has 3 aromatic rings. The summed E-state index contributed by atoms with van der Waals surface area (Å²) in [5, 5.41) is 5.78. The van der Waals surface area contributed by atoms with Crippen molar-refractivity contribution in [2.45, 2.75) is 6.18 Å². The molecule has 0 fully saturated rings. The van der Waals surface area contributed by atoms with Crippen molar-refractivity contribution in [3.05, 3.63) is 70.5 Å². The lowest BCUT2D eigenvalue weighted by Gasteiger charge is -2.07. The van der Waals surface area contributed by atoms with Crippen molar-refractivity contribution in [3.63, 3.8) is 0 Å². The van der Waals surface area contributed by atoms with Gasteiger partial charge in [0.15, 0.2) is 5.69 Å². The zero-order chi connectivity index (χ0) is 18.9. The molecule has 1 aromatic carbocycles. The van der Waals surface area contributed by atoms with Crippen LogP contribution in [0.3, 0.4) is 0 Å². The predicted octanol–water partition coefficient (Wildman–Crippen LogP) is 4.44. The molecule has 0 bridgehead atoms. The molecule has 10 heteroatoms. The molecule has 2 aromatic heterocycles. The molecule has 0 atom stereocenters. The smallest absolute Gasteiger partial charge is 0.320 e. The number of carbonyl (C=O) groups is 1. The van der Waals surface area contributed by atoms with Crippen molar-refractivity contribution in [2.24, 2.45) is 0 Å². The summed E-state index contributed by atoms with van der Waals surface area (Å²) in [6, 6.07) is 7.68. The number of rotatable bonds is 3. The fourth-order valence-electron chi connectivity index (χ4n) is 2.12. The van der Waals surface area contributed by atoms with Gasteiger partial charge >= 0.3 is 6.18 Å². The van der Waals surface area contributed by atoms with Crippen LogP contribution < -0.4 is 5.32 Å². The highest BCUT2D eigenvalue weighted by atomic mass is 79.9. The first-order valence-electron chi connectivity index (χ1n) is 7.10. The lowest BCUT2D eigenvalue weighted by atomic mass is 10.2. The van der Waals surface area contributed by atoms with Crippen LogP contribution in [-0.4, -0.2) is 20.7 Å². The lowest BCUT2D eigenvalue weighted by molar-refractivity contribution is -0.141. The van der Waals surface area contributed by atoms with Gasteiger partial charge in [-0.2, -0.15) is 18.3 Å². The van der Waals surface area contributed by atoms with E-state index >= 15 is 0 Å². The van der Waals surface area contributed by atoms with Gasteiger partial charge in [-0.3, -0.25) is 4.79 Å². The van der Waals surface area contributed by atoms with E-state index in [9.17, 15) is 22.4 Å². The molecule has 0 spiro atoms. The number of pyridine rings is 1. The van der Waals surface area contributed by atoms with Gasteiger partial charge in [-0.25, -0.2) is 14.1 Å². The number of halogens is 5. The van der Waals surface area contributed by atoms with Crippen LogP contribution in [0, 0.1) is 5.82 Å². The first kappa shape index (κ1) is 18.1. The molecule has 0 aliphatic carbocycles. The van der Waals surface area contributed by atoms with Crippen LogP contribution in [0.4, 0.5) is 23.2 Å². The summed E-state index contributed by atoms with van der Waals surface area (Å²) in [5.41, 5.74) is -1.60. The maximum Gasteiger partial charge on any atom is 0.435 e. The fraction of sp³-hybridized carbons (Fsp3) is 0.0625. The van der Waals surface area contributed by atoms with Crippen LogP contribution in [0.1, 0.15) is 16.1 Å². The van der Waals surface area contributed by atoms with Gasteiger partial charge in [0.2, 0.25) is 0 Å². The molecule has 2 heterocycles. The Balaban J connectivity index is 1.97. The zero-order valence-corrected chi connectivity index (χ0v) is 14.3. The molecule has 0 saturated heterocycles. The van der Waals surface area contributed by atoms with Gasteiger partial charge in [0.1, 0.15) is 10.4 Å². The SMILES string of the molecule is O=C(Nc1ccc(Br)nc1)c1cn(-c2ccc(F)cc2)nc1C(F)(F)F. The Labute approximate surface area is 152 Å². The second kappa shape index (κ2) is 6.87. The molecule has 0 unspecified atom stereocenters. The molecule has 1 amide bonds. The van der Waals surface area contributed by atoms with E-state index in [1.165, 1.54) is 30.5 Å². The van der Waals surface area contributed by atoms with Gasteiger partial charge in [0.05, 0.1) is 23.1 Å². The number of nitrogens with one attached hydrogen (secondary N) is 1. The van der Waals surface area contributed by atoms with Gasteiger partial charge in [0, 0.05) is 6.20 Å². The van der Waals surface area contributed by atoms with E-state index in [1.807, 2.05) is 0 Å². The first-order chi connectivity index (χ1) is 12.2. The van der Waals surface area contributed by atoms with E-state index in [2.05, 4.69) is 31.3 Å². The molecule has 0 radical (unpaired) electrons. The van der Waals surface area contributed by atoms with Crippen LogP contribution in [0.25, 0.3) is 5.69 Å². The number of anilines is 1. The number of benzene rings is 1. The molecule has 0 saturated carbocycles. The van der Waals surface area contributed by atoms with Gasteiger partial charge in [0.25, 0.3) is 5.91 Å². The van der Waals surface area contributed by atoms with Crippen molar-refractivity contribution in [3.8, 4) is 5.69 Å². The third kappa shape index (κ3) is 3.90. The minimum Gasteiger partial charge on any atom is -0.320 e. The number of hydrogen-bond donors (Lipinski definition) is 1. The molecule has 0 aliphatic heterocycles. The number of alkyl halides is 3. The van der Waals surface area contributed by atoms with Gasteiger partial charge < -0.3 is 5.32 Å². The summed E-state index contributed by atoms with van der Waals surface area (Å²) in [5.74, 6) is -1.53. The quantitative estimate of drug-likeness (QED) is 0.495. The number of nitrogens with zero attached hydrogens (tertiary/aromatic N) is 3. The number of hydrogen-bond acceptors (Lipinski definition) is 3. The highest BCUT2D eigenvalue weighted by Gasteiger charge is 2.39. The van der Waals surface area contributed by atoms with E-state index < -0.39 is 29.2 Å². The van der Waals surface area contributed by atoms with Gasteiger partial charge in [-0.05, 0) is 52.3 Å². The second-order valence-electron chi connectivity index (χ2n) is 5.13. The fourth-order valence-corrected chi connectivity index (χ4v) is 2.36. The first-order valence-corrected chi connectivity index (χ1v) is 7.89. The Kier molecular flexibility index (Phi) is 4.77. The Bertz CT molecular complexity index is 936. The van der Waals surface area contributed by atoms with Crippen molar-refractivity contribution in [2.75, 3.05) is 5.32 Å². The van der Waals surface area contributed by atoms with Crippen LogP contribution in [-0.2, 0) is 6.18 Å². The third-order valence-electron chi connectivity index (χ3n) is 3.30. The third-order valence-corrected chi connectivity index (χ3v) is 3.77. The summed E-state index contributed by atoms with van der Waals surface area (Å²) in [4.78, 5) is 16.2. The zero-order valence-electron chi connectivity index (χ0n) is 12.8. The molecule has 3 rings (SSSR count). The summed E-state index contributed by atoms with van der Waals surface area (Å²) < 4.78 is 54.2. The monoisotopic (exact) mass is 428 g/mol. The van der Waals surface area contributed by atoms with Gasteiger partial charge in [-0.1, -0.05) is 0 Å². The van der Waals surface area contributed by atoms with Crippen LogP contribution in [0.2, 0.25) is 0 Å². The standard InChI is InChI=1S/C16H9BrF4N4O/c17-13-6-3-10(7-22-13)23-15(26)12-8-25(24-14(12)16(19,20)21)11-4-1-9(18)2-5-11/h1-8H,(H,23,26). The number of aromatic nitrogens is 3. The normalized spacial score (nSPS) is 11.4. The molecular weight excluding hydrogens is 420 g/mol. The summed E-state index contributed by atoms with van der Waals surface area (Å²) in [6.07, 6.45) is -2.60. The van der Waals surface area contributed by atoms with E-state index in [4.69, 9.17) is 0 Å². The molecule has 134 valence electrons. The molecule has 1 N–H and O–H groups in total. The lowest BCUT2D eigenvalue weighted by Crippen LogP contribution is -2.17.